The molecule has 2 aromatic heterocycles. The van der Waals surface area contributed by atoms with E-state index in [9.17, 15) is 4.79 Å². The Morgan fingerprint density at radius 2 is 2.04 bits per heavy atom. The summed E-state index contributed by atoms with van der Waals surface area (Å²) in [6.07, 6.45) is 6.67. The van der Waals surface area contributed by atoms with E-state index in [4.69, 9.17) is 9.26 Å². The molecular weight excluding hydrogens is 332 g/mol. The van der Waals surface area contributed by atoms with Gasteiger partial charge in [0.05, 0.1) is 18.2 Å². The second-order valence-electron chi connectivity index (χ2n) is 6.32. The van der Waals surface area contributed by atoms with Gasteiger partial charge in [-0.25, -0.2) is 4.98 Å². The van der Waals surface area contributed by atoms with Gasteiger partial charge in [0, 0.05) is 18.0 Å². The van der Waals surface area contributed by atoms with Crippen LogP contribution >= 0.6 is 0 Å². The Kier molecular flexibility index (Phi) is 3.99. The lowest BCUT2D eigenvalue weighted by Crippen LogP contribution is -2.40. The third-order valence-corrected chi connectivity index (χ3v) is 4.84. The first-order valence-corrected chi connectivity index (χ1v) is 8.61. The highest BCUT2D eigenvalue weighted by molar-refractivity contribution is 6.01. The normalized spacial score (nSPS) is 15.4. The molecule has 0 fully saturated rings. The van der Waals surface area contributed by atoms with Gasteiger partial charge in [0.1, 0.15) is 17.0 Å². The van der Waals surface area contributed by atoms with E-state index in [1.54, 1.807) is 30.7 Å². The molecular formula is C19H18N4O3. The van der Waals surface area contributed by atoms with Gasteiger partial charge in [-0.1, -0.05) is 19.0 Å². The van der Waals surface area contributed by atoms with Crippen LogP contribution in [0, 0.1) is 0 Å². The Morgan fingerprint density at radius 3 is 2.77 bits per heavy atom. The van der Waals surface area contributed by atoms with E-state index in [2.05, 4.69) is 20.1 Å². The average Bonchev–Trinajstić information content (AvgIpc) is 3.18. The SMILES string of the molecule is CCC1(CC)CC(=O)c2cc(-c3nc(-c4cnccn4)no3)ccc2O1. The van der Waals surface area contributed by atoms with E-state index in [1.165, 1.54) is 0 Å². The van der Waals surface area contributed by atoms with E-state index >= 15 is 0 Å². The van der Waals surface area contributed by atoms with Gasteiger partial charge in [-0.15, -0.1) is 0 Å². The van der Waals surface area contributed by atoms with Crippen molar-refractivity contribution < 1.29 is 14.1 Å². The molecule has 0 radical (unpaired) electrons. The lowest BCUT2D eigenvalue weighted by Gasteiger charge is -2.36. The van der Waals surface area contributed by atoms with E-state index < -0.39 is 5.60 Å². The molecule has 4 rings (SSSR count). The Bertz CT molecular complexity index is 948. The van der Waals surface area contributed by atoms with Gasteiger partial charge in [-0.3, -0.25) is 9.78 Å². The molecule has 0 atom stereocenters. The monoisotopic (exact) mass is 350 g/mol. The number of hydrogen-bond donors (Lipinski definition) is 0. The van der Waals surface area contributed by atoms with Crippen LogP contribution in [0.1, 0.15) is 43.5 Å². The molecule has 1 aliphatic heterocycles. The van der Waals surface area contributed by atoms with Gasteiger partial charge in [-0.2, -0.15) is 4.98 Å². The second kappa shape index (κ2) is 6.33. The molecule has 0 saturated carbocycles. The molecule has 7 heteroatoms. The van der Waals surface area contributed by atoms with E-state index in [1.807, 2.05) is 19.9 Å². The minimum atomic E-state index is -0.408. The first-order valence-electron chi connectivity index (χ1n) is 8.61. The summed E-state index contributed by atoms with van der Waals surface area (Å²) in [4.78, 5) is 25.2. The Balaban J connectivity index is 1.68. The standard InChI is InChI=1S/C19H18N4O3/c1-3-19(4-2)10-15(24)13-9-12(5-6-16(13)25-19)18-22-17(23-26-18)14-11-20-7-8-21-14/h5-9,11H,3-4,10H2,1-2H3. The molecule has 3 heterocycles. The van der Waals surface area contributed by atoms with Crippen molar-refractivity contribution in [2.45, 2.75) is 38.7 Å². The third-order valence-electron chi connectivity index (χ3n) is 4.84. The number of nitrogens with zero attached hydrogens (tertiary/aromatic N) is 4. The van der Waals surface area contributed by atoms with Gasteiger partial charge in [0.15, 0.2) is 5.78 Å². The summed E-state index contributed by atoms with van der Waals surface area (Å²) in [7, 11) is 0. The molecule has 1 aromatic carbocycles. The molecule has 0 saturated heterocycles. The number of Topliss-reactive ketones (excluding diaryl/α,β-unsaturated/α-hetero) is 1. The van der Waals surface area contributed by atoms with Crippen LogP contribution in [0.25, 0.3) is 23.0 Å². The first kappa shape index (κ1) is 16.4. The highest BCUT2D eigenvalue weighted by Gasteiger charge is 2.37. The Labute approximate surface area is 150 Å². The molecule has 0 amide bonds. The minimum absolute atomic E-state index is 0.0745. The van der Waals surface area contributed by atoms with Crippen LogP contribution in [0.15, 0.2) is 41.3 Å². The summed E-state index contributed by atoms with van der Waals surface area (Å²) in [5.41, 5.74) is 1.34. The number of hydrogen-bond acceptors (Lipinski definition) is 7. The number of ether oxygens (including phenoxy) is 1. The molecule has 7 nitrogen and oxygen atoms in total. The van der Waals surface area contributed by atoms with Crippen molar-refractivity contribution in [3.8, 4) is 28.7 Å². The van der Waals surface area contributed by atoms with Crippen LogP contribution in [0.3, 0.4) is 0 Å². The molecule has 0 bridgehead atoms. The van der Waals surface area contributed by atoms with Crippen molar-refractivity contribution in [2.24, 2.45) is 0 Å². The van der Waals surface area contributed by atoms with Crippen LogP contribution in [0.2, 0.25) is 0 Å². The molecule has 0 spiro atoms. The van der Waals surface area contributed by atoms with Crippen molar-refractivity contribution in [2.75, 3.05) is 0 Å². The quantitative estimate of drug-likeness (QED) is 0.708. The Hall–Kier alpha value is -3.09. The van der Waals surface area contributed by atoms with Gasteiger partial charge in [0.25, 0.3) is 5.89 Å². The van der Waals surface area contributed by atoms with Crippen molar-refractivity contribution in [1.82, 2.24) is 20.1 Å². The van der Waals surface area contributed by atoms with Crippen molar-refractivity contribution in [3.05, 3.63) is 42.4 Å². The fraction of sp³-hybridized carbons (Fsp3) is 0.316. The van der Waals surface area contributed by atoms with Crippen LogP contribution in [-0.4, -0.2) is 31.5 Å². The molecule has 1 aliphatic rings. The predicted octanol–water partition coefficient (Wildman–Crippen LogP) is 3.72. The fourth-order valence-electron chi connectivity index (χ4n) is 3.13. The summed E-state index contributed by atoms with van der Waals surface area (Å²) in [5, 5.41) is 3.94. The lowest BCUT2D eigenvalue weighted by atomic mass is 9.85. The van der Waals surface area contributed by atoms with Gasteiger partial charge in [-0.05, 0) is 31.0 Å². The maximum atomic E-state index is 12.7. The van der Waals surface area contributed by atoms with Crippen molar-refractivity contribution >= 4 is 5.78 Å². The van der Waals surface area contributed by atoms with Crippen LogP contribution in [-0.2, 0) is 0 Å². The molecule has 132 valence electrons. The van der Waals surface area contributed by atoms with Gasteiger partial charge < -0.3 is 9.26 Å². The number of carbonyl (C=O) groups is 1. The number of carbonyl (C=O) groups excluding carboxylic acids is 1. The van der Waals surface area contributed by atoms with E-state index in [0.717, 1.165) is 12.8 Å². The number of aromatic nitrogens is 4. The summed E-state index contributed by atoms with van der Waals surface area (Å²) < 4.78 is 11.5. The summed E-state index contributed by atoms with van der Waals surface area (Å²) in [6.45, 7) is 4.09. The Morgan fingerprint density at radius 1 is 1.19 bits per heavy atom. The van der Waals surface area contributed by atoms with E-state index in [0.29, 0.717) is 40.7 Å². The number of fused-ring (bicyclic) bond motifs is 1. The molecule has 0 N–H and O–H groups in total. The maximum absolute atomic E-state index is 12.7. The minimum Gasteiger partial charge on any atom is -0.486 e. The van der Waals surface area contributed by atoms with Crippen LogP contribution in [0.4, 0.5) is 0 Å². The smallest absolute Gasteiger partial charge is 0.258 e. The van der Waals surface area contributed by atoms with Gasteiger partial charge in [0.2, 0.25) is 5.82 Å². The van der Waals surface area contributed by atoms with Gasteiger partial charge >= 0.3 is 0 Å². The van der Waals surface area contributed by atoms with Crippen LogP contribution in [0.5, 0.6) is 5.75 Å². The number of rotatable bonds is 4. The maximum Gasteiger partial charge on any atom is 0.258 e. The second-order valence-corrected chi connectivity index (χ2v) is 6.32. The topological polar surface area (TPSA) is 91.0 Å². The first-order chi connectivity index (χ1) is 12.6. The molecule has 0 unspecified atom stereocenters. The lowest BCUT2D eigenvalue weighted by molar-refractivity contribution is 0.0350. The number of ketones is 1. The van der Waals surface area contributed by atoms with Crippen molar-refractivity contribution in [1.29, 1.82) is 0 Å². The van der Waals surface area contributed by atoms with E-state index in [-0.39, 0.29) is 5.78 Å². The molecule has 0 aliphatic carbocycles. The number of benzene rings is 1. The third kappa shape index (κ3) is 2.75. The summed E-state index contributed by atoms with van der Waals surface area (Å²) >= 11 is 0. The summed E-state index contributed by atoms with van der Waals surface area (Å²) in [5.74, 6) is 1.36. The largest absolute Gasteiger partial charge is 0.486 e. The zero-order valence-electron chi connectivity index (χ0n) is 14.6. The molecule has 26 heavy (non-hydrogen) atoms. The zero-order valence-corrected chi connectivity index (χ0v) is 14.6. The average molecular weight is 350 g/mol. The van der Waals surface area contributed by atoms with Crippen molar-refractivity contribution in [3.63, 3.8) is 0 Å². The highest BCUT2D eigenvalue weighted by atomic mass is 16.5. The highest BCUT2D eigenvalue weighted by Crippen LogP contribution is 2.38. The summed E-state index contributed by atoms with van der Waals surface area (Å²) in [6, 6.07) is 5.37. The fourth-order valence-corrected chi connectivity index (χ4v) is 3.13. The molecule has 3 aromatic rings. The predicted molar refractivity (Wildman–Crippen MR) is 93.6 cm³/mol. The zero-order chi connectivity index (χ0) is 18.1. The van der Waals surface area contributed by atoms with Crippen LogP contribution < -0.4 is 4.74 Å².